The van der Waals surface area contributed by atoms with Crippen molar-refractivity contribution in [2.45, 2.75) is 363 Å². The van der Waals surface area contributed by atoms with E-state index < -0.39 is 123 Å². The van der Waals surface area contributed by atoms with Crippen molar-refractivity contribution in [1.29, 1.82) is 0 Å². The van der Waals surface area contributed by atoms with Gasteiger partial charge in [-0.15, -0.1) is 0 Å². The molecule has 4 aliphatic rings. The van der Waals surface area contributed by atoms with Gasteiger partial charge in [-0.05, 0) is 135 Å². The van der Waals surface area contributed by atoms with Gasteiger partial charge < -0.3 is 128 Å². The number of nitrogens with one attached hydrogen (secondary N) is 3. The number of aliphatic hydroxyl groups is 9. The number of carbonyl (C=O) groups is 9. The van der Waals surface area contributed by atoms with Gasteiger partial charge in [0.25, 0.3) is 0 Å². The Bertz CT molecular complexity index is 2950. The normalized spacial score (nSPS) is 24.8. The molecule has 37 heteroatoms. The van der Waals surface area contributed by atoms with Crippen LogP contribution in [-0.4, -0.2) is 333 Å². The van der Waals surface area contributed by atoms with Gasteiger partial charge in [-0.1, -0.05) is 100 Å². The monoisotopic (exact) mass is 1870 g/mol. The van der Waals surface area contributed by atoms with E-state index in [4.69, 9.17) is 61.6 Å². The van der Waals surface area contributed by atoms with Crippen molar-refractivity contribution in [3.63, 3.8) is 0 Å². The van der Waals surface area contributed by atoms with Crippen LogP contribution in [0.4, 0.5) is 4.79 Å². The van der Waals surface area contributed by atoms with Crippen LogP contribution in [0.2, 0.25) is 0 Å². The van der Waals surface area contributed by atoms with Gasteiger partial charge in [0, 0.05) is 133 Å². The highest BCUT2D eigenvalue weighted by Gasteiger charge is 2.46. The summed E-state index contributed by atoms with van der Waals surface area (Å²) in [5.74, 6) is -1.87. The average molecular weight is 1870 g/mol. The number of hydrogen-bond acceptors (Lipinski definition) is 33. The summed E-state index contributed by atoms with van der Waals surface area (Å²) >= 11 is 0. The number of Topliss-reactive ketones (excluding diaryl/α,β-unsaturated/α-hetero) is 3. The predicted octanol–water partition coefficient (Wildman–Crippen LogP) is 7.50. The van der Waals surface area contributed by atoms with E-state index in [0.29, 0.717) is 180 Å². The molecule has 4 amide bonds. The molecule has 18 atom stereocenters. The van der Waals surface area contributed by atoms with Crippen molar-refractivity contribution in [3.05, 3.63) is 0 Å². The first-order valence-corrected chi connectivity index (χ1v) is 49.6. The smallest absolute Gasteiger partial charge is 0.407 e. The number of hydrogen-bond donors (Lipinski definition) is 12. The fourth-order valence-corrected chi connectivity index (χ4v) is 18.5. The molecule has 0 bridgehead atoms. The summed E-state index contributed by atoms with van der Waals surface area (Å²) < 4.78 is 73.5. The number of methoxy groups -OCH3 is 2. The Balaban J connectivity index is 1.26. The van der Waals surface area contributed by atoms with Crippen LogP contribution in [0.1, 0.15) is 272 Å². The lowest BCUT2D eigenvalue weighted by Gasteiger charge is -2.40. The van der Waals surface area contributed by atoms with Crippen LogP contribution in [0.3, 0.4) is 0 Å². The molecule has 12 N–H and O–H groups in total. The number of rotatable bonds is 76. The fourth-order valence-electron chi connectivity index (χ4n) is 16.1. The summed E-state index contributed by atoms with van der Waals surface area (Å²) in [5.41, 5.74) is -0.684. The molecule has 128 heavy (non-hydrogen) atoms. The highest BCUT2D eigenvalue weighted by Crippen LogP contribution is 2.41. The van der Waals surface area contributed by atoms with Crippen LogP contribution >= 0.6 is 21.6 Å². The maximum absolute atomic E-state index is 14.2. The molecule has 744 valence electrons. The first-order valence-electron chi connectivity index (χ1n) is 47.3. The highest BCUT2D eigenvalue weighted by molar-refractivity contribution is 8.77. The molecule has 4 rings (SSSR count). The van der Waals surface area contributed by atoms with Gasteiger partial charge in [-0.2, -0.15) is 0 Å². The van der Waals surface area contributed by atoms with Gasteiger partial charge in [-0.25, -0.2) is 4.79 Å². The number of amides is 4. The highest BCUT2D eigenvalue weighted by atomic mass is 33.1. The summed E-state index contributed by atoms with van der Waals surface area (Å²) in [5, 5.41) is 98.3. The second kappa shape index (κ2) is 68.5. The standard InChI is InChI=1S/C91H162N4O31S2/c1-64-80(107)83(110)72(59-96)124-86(64)120-46-25-32-68(99)30-17-11-8-16-24-45-94-89(113)122-50-29-41-91(40-28-49-119-79(106)36-19-13-10-15-23-44-93-76(103)63-123-88-66(3)82(109)85(112)74(61-98)126-88,39-27-48-118-78(105)35-18-12-9-14-22-43-92-75(102)33-26-47-121-87-65(2)81(108)84(111)73(60-97)125-87)57-70(101)38-51-116-52-53-117-54-55-127-128-90(4,5)42-37-69(100)31-20-21-34-77(104)95-58-71(115-7)56-67(95)62-114-6/h64-67,71-74,80-88,96-98,107-112H,8-63H2,1-7H3,(H,92,102)(H,93,103)(H,94,113)/t64?,65?,66?,67-,71+,72?,73?,74?,80?,81?,82?,83?,84?,85?,86?,87?,88?,91?/m1/s1. The van der Waals surface area contributed by atoms with Crippen molar-refractivity contribution in [3.8, 4) is 0 Å². The fraction of sp³-hybridized carbons (Fsp3) is 0.901. The number of ketones is 3. The molecule has 4 fully saturated rings. The number of ether oxygens (including phenoxy) is 13. The molecular formula is C91H162N4O31S2. The molecular weight excluding hydrogens is 1710 g/mol. The van der Waals surface area contributed by atoms with Crippen LogP contribution in [0.15, 0.2) is 0 Å². The summed E-state index contributed by atoms with van der Waals surface area (Å²) in [6.07, 6.45) is 7.22. The van der Waals surface area contributed by atoms with Gasteiger partial charge >= 0.3 is 18.0 Å². The summed E-state index contributed by atoms with van der Waals surface area (Å²) in [7, 11) is 6.68. The number of unbranched alkanes of at least 4 members (excludes halogenated alkanes) is 13. The zero-order valence-corrected chi connectivity index (χ0v) is 79.3. The molecule has 4 saturated heterocycles. The Hall–Kier alpha value is -4.43. The molecule has 16 unspecified atom stereocenters. The Labute approximate surface area is 767 Å². The number of carbonyl (C=O) groups excluding carboxylic acids is 9. The van der Waals surface area contributed by atoms with E-state index in [1.165, 1.54) is 0 Å². The number of nitrogens with zero attached hydrogens (tertiary/aromatic N) is 1. The third kappa shape index (κ3) is 48.7. The van der Waals surface area contributed by atoms with Crippen LogP contribution in [0.5, 0.6) is 0 Å². The van der Waals surface area contributed by atoms with Crippen molar-refractivity contribution in [1.82, 2.24) is 20.9 Å². The van der Waals surface area contributed by atoms with E-state index in [9.17, 15) is 89.1 Å². The van der Waals surface area contributed by atoms with E-state index >= 15 is 0 Å². The first kappa shape index (κ1) is 116. The third-order valence-corrected chi connectivity index (χ3v) is 27.5. The molecule has 0 radical (unpaired) electrons. The lowest BCUT2D eigenvalue weighted by molar-refractivity contribution is -0.282. The molecule has 0 saturated carbocycles. The minimum Gasteiger partial charge on any atom is -0.466 e. The zero-order valence-electron chi connectivity index (χ0n) is 77.7. The maximum atomic E-state index is 14.2. The van der Waals surface area contributed by atoms with Gasteiger partial charge in [0.1, 0.15) is 60.6 Å². The van der Waals surface area contributed by atoms with E-state index in [-0.39, 0.29) is 149 Å². The third-order valence-electron chi connectivity index (χ3n) is 24.2. The van der Waals surface area contributed by atoms with E-state index in [1.54, 1.807) is 56.6 Å². The van der Waals surface area contributed by atoms with Crippen molar-refractivity contribution in [2.75, 3.05) is 139 Å². The Morgan fingerprint density at radius 3 is 1.36 bits per heavy atom. The van der Waals surface area contributed by atoms with E-state index in [2.05, 4.69) is 29.8 Å². The number of aliphatic hydroxyl groups excluding tert-OH is 9. The lowest BCUT2D eigenvalue weighted by atomic mass is 9.71. The molecule has 0 spiro atoms. The molecule has 4 heterocycles. The quantitative estimate of drug-likeness (QED) is 0.0121. The summed E-state index contributed by atoms with van der Waals surface area (Å²) in [4.78, 5) is 119. The molecule has 0 aromatic carbocycles. The van der Waals surface area contributed by atoms with Gasteiger partial charge in [0.05, 0.1) is 116 Å². The molecule has 0 aromatic rings. The summed E-state index contributed by atoms with van der Waals surface area (Å²) in [6.45, 7) is 11.6. The van der Waals surface area contributed by atoms with Crippen LogP contribution in [-0.2, 0) is 99.9 Å². The Morgan fingerprint density at radius 2 is 0.852 bits per heavy atom. The van der Waals surface area contributed by atoms with Crippen molar-refractivity contribution >= 4 is 74.7 Å². The van der Waals surface area contributed by atoms with Crippen LogP contribution in [0, 0.1) is 23.2 Å². The van der Waals surface area contributed by atoms with Gasteiger partial charge in [0.15, 0.2) is 18.9 Å². The molecule has 4 aliphatic heterocycles. The number of likely N-dealkylation sites (tertiary alicyclic amines) is 1. The lowest BCUT2D eigenvalue weighted by Crippen LogP contribution is -2.55. The first-order chi connectivity index (χ1) is 61.5. The van der Waals surface area contributed by atoms with E-state index in [0.717, 1.165) is 77.0 Å². The van der Waals surface area contributed by atoms with E-state index in [1.807, 2.05) is 4.90 Å². The molecule has 35 nitrogen and oxygen atoms in total. The average Bonchev–Trinajstić information content (AvgIpc) is 1.47. The SMILES string of the molecule is COC[C@H]1C[C@H](OC)CN1C(=O)CCCCC(=O)CCC(C)(C)SSCCOCCOCCC(=O)CC(CCCOC(=O)CCCCCCCNC(=O)CCCOC1OC(CO)C(O)C(O)C1C)(CCCOC(=O)CCCCCCCNC(=O)COC1OC(CO)C(O)C(O)C1C)CCCOC(=O)NCCCCCCCC(=O)CCCOC1OC(CO)C(O)C(O)C1C. The van der Waals surface area contributed by atoms with Crippen molar-refractivity contribution < 1.29 is 151 Å². The second-order valence-electron chi connectivity index (χ2n) is 35.4. The minimum absolute atomic E-state index is 0.00279. The second-order valence-corrected chi connectivity index (χ2v) is 38.5. The van der Waals surface area contributed by atoms with Crippen molar-refractivity contribution in [2.24, 2.45) is 23.2 Å². The Morgan fingerprint density at radius 1 is 0.422 bits per heavy atom. The topological polar surface area (TPSA) is 495 Å². The minimum atomic E-state index is -1.28. The maximum Gasteiger partial charge on any atom is 0.407 e. The van der Waals surface area contributed by atoms with Gasteiger partial charge in [0.2, 0.25) is 17.7 Å². The Kier molecular flexibility index (Phi) is 62.1. The zero-order chi connectivity index (χ0) is 93.9. The predicted molar refractivity (Wildman–Crippen MR) is 478 cm³/mol. The number of alkyl carbamates (subject to hydrolysis) is 1. The summed E-state index contributed by atoms with van der Waals surface area (Å²) in [6, 6.07) is 0.00279. The van der Waals surface area contributed by atoms with Crippen LogP contribution < -0.4 is 16.0 Å². The number of esters is 2. The van der Waals surface area contributed by atoms with Crippen LogP contribution in [0.25, 0.3) is 0 Å². The molecule has 0 aliphatic carbocycles. The van der Waals surface area contributed by atoms with Gasteiger partial charge in [-0.3, -0.25) is 38.4 Å². The molecule has 0 aromatic heterocycles. The largest absolute Gasteiger partial charge is 0.466 e.